The number of ether oxygens (including phenoxy) is 1. The van der Waals surface area contributed by atoms with Gasteiger partial charge in [0.1, 0.15) is 5.75 Å². The number of rotatable bonds is 5. The average Bonchev–Trinajstić information content (AvgIpc) is 2.95. The van der Waals surface area contributed by atoms with Crippen LogP contribution in [0, 0.1) is 0 Å². The van der Waals surface area contributed by atoms with E-state index < -0.39 is 0 Å². The molecular weight excluding hydrogens is 304 g/mol. The number of carbonyl (C=O) groups is 1. The van der Waals surface area contributed by atoms with Gasteiger partial charge in [0.25, 0.3) is 5.91 Å². The summed E-state index contributed by atoms with van der Waals surface area (Å²) in [5, 5.41) is 3.44. The van der Waals surface area contributed by atoms with E-state index in [0.29, 0.717) is 22.4 Å². The first-order valence-electron chi connectivity index (χ1n) is 6.54. The molecule has 1 aromatic carbocycles. The number of aromatic nitrogens is 1. The predicted molar refractivity (Wildman–Crippen MR) is 88.9 cm³/mol. The standard InChI is InChI=1S/C15H18N2O2S2/c1-9(2)13-8-16-15(21-13)17-14(18)11-6-5-10(20-4)7-12(11)19-3/h5-9H,1-4H3,(H,16,17,18). The van der Waals surface area contributed by atoms with E-state index in [-0.39, 0.29) is 5.91 Å². The van der Waals surface area contributed by atoms with Gasteiger partial charge >= 0.3 is 0 Å². The fraction of sp³-hybridized carbons (Fsp3) is 0.333. The highest BCUT2D eigenvalue weighted by atomic mass is 32.2. The summed E-state index contributed by atoms with van der Waals surface area (Å²) in [6, 6.07) is 5.54. The van der Waals surface area contributed by atoms with Gasteiger partial charge < -0.3 is 4.74 Å². The Morgan fingerprint density at radius 3 is 2.76 bits per heavy atom. The molecule has 0 atom stereocenters. The fourth-order valence-electron chi connectivity index (χ4n) is 1.76. The molecule has 0 saturated carbocycles. The number of hydrogen-bond acceptors (Lipinski definition) is 5. The Kier molecular flexibility index (Phi) is 5.25. The highest BCUT2D eigenvalue weighted by Gasteiger charge is 2.15. The van der Waals surface area contributed by atoms with Crippen LogP contribution in [0.5, 0.6) is 5.75 Å². The molecule has 0 radical (unpaired) electrons. The molecule has 0 aliphatic heterocycles. The lowest BCUT2D eigenvalue weighted by Crippen LogP contribution is -2.13. The third-order valence-electron chi connectivity index (χ3n) is 2.97. The molecule has 0 aliphatic rings. The van der Waals surface area contributed by atoms with Crippen LogP contribution < -0.4 is 10.1 Å². The van der Waals surface area contributed by atoms with Gasteiger partial charge in [-0.1, -0.05) is 13.8 Å². The lowest BCUT2D eigenvalue weighted by atomic mass is 10.2. The van der Waals surface area contributed by atoms with Crippen molar-refractivity contribution in [2.45, 2.75) is 24.7 Å². The number of carbonyl (C=O) groups excluding carboxylic acids is 1. The van der Waals surface area contributed by atoms with Crippen molar-refractivity contribution < 1.29 is 9.53 Å². The number of hydrogen-bond donors (Lipinski definition) is 1. The number of anilines is 1. The monoisotopic (exact) mass is 322 g/mol. The lowest BCUT2D eigenvalue weighted by molar-refractivity contribution is 0.102. The lowest BCUT2D eigenvalue weighted by Gasteiger charge is -2.09. The zero-order valence-electron chi connectivity index (χ0n) is 12.5. The molecule has 0 saturated heterocycles. The smallest absolute Gasteiger partial charge is 0.261 e. The maximum Gasteiger partial charge on any atom is 0.261 e. The Labute approximate surface area is 132 Å². The number of benzene rings is 1. The molecule has 21 heavy (non-hydrogen) atoms. The largest absolute Gasteiger partial charge is 0.496 e. The van der Waals surface area contributed by atoms with Gasteiger partial charge in [-0.15, -0.1) is 23.1 Å². The number of nitrogens with zero attached hydrogens (tertiary/aromatic N) is 1. The second kappa shape index (κ2) is 6.95. The summed E-state index contributed by atoms with van der Waals surface area (Å²) < 4.78 is 5.30. The van der Waals surface area contributed by atoms with Crippen LogP contribution in [0.15, 0.2) is 29.3 Å². The summed E-state index contributed by atoms with van der Waals surface area (Å²) in [7, 11) is 1.57. The molecule has 4 nitrogen and oxygen atoms in total. The predicted octanol–water partition coefficient (Wildman–Crippen LogP) is 4.25. The van der Waals surface area contributed by atoms with E-state index in [1.165, 1.54) is 11.3 Å². The Morgan fingerprint density at radius 1 is 1.43 bits per heavy atom. The number of thiazole rings is 1. The van der Waals surface area contributed by atoms with Gasteiger partial charge in [-0.3, -0.25) is 10.1 Å². The van der Waals surface area contributed by atoms with E-state index in [2.05, 4.69) is 24.1 Å². The zero-order valence-corrected chi connectivity index (χ0v) is 14.1. The number of nitrogens with one attached hydrogen (secondary N) is 1. The minimum atomic E-state index is -0.204. The number of thioether (sulfide) groups is 1. The van der Waals surface area contributed by atoms with Gasteiger partial charge in [0.2, 0.25) is 0 Å². The van der Waals surface area contributed by atoms with E-state index in [1.807, 2.05) is 18.4 Å². The van der Waals surface area contributed by atoms with Crippen molar-refractivity contribution in [1.29, 1.82) is 0 Å². The van der Waals surface area contributed by atoms with Crippen molar-refractivity contribution in [3.8, 4) is 5.75 Å². The molecule has 6 heteroatoms. The van der Waals surface area contributed by atoms with Crippen LogP contribution >= 0.6 is 23.1 Å². The third kappa shape index (κ3) is 3.77. The topological polar surface area (TPSA) is 51.2 Å². The van der Waals surface area contributed by atoms with Crippen LogP contribution in [0.1, 0.15) is 35.0 Å². The van der Waals surface area contributed by atoms with Crippen LogP contribution in [-0.4, -0.2) is 24.3 Å². The van der Waals surface area contributed by atoms with Crippen LogP contribution in [0.2, 0.25) is 0 Å². The number of methoxy groups -OCH3 is 1. The molecular formula is C15H18N2O2S2. The molecule has 2 rings (SSSR count). The SMILES string of the molecule is COc1cc(SC)ccc1C(=O)Nc1ncc(C(C)C)s1. The molecule has 0 unspecified atom stereocenters. The average molecular weight is 322 g/mol. The zero-order chi connectivity index (χ0) is 15.4. The second-order valence-corrected chi connectivity index (χ2v) is 6.68. The van der Waals surface area contributed by atoms with Gasteiger partial charge in [-0.2, -0.15) is 0 Å². The fourth-order valence-corrected chi connectivity index (χ4v) is 3.00. The molecule has 2 aromatic rings. The Morgan fingerprint density at radius 2 is 2.19 bits per heavy atom. The third-order valence-corrected chi connectivity index (χ3v) is 4.91. The van der Waals surface area contributed by atoms with E-state index in [9.17, 15) is 4.79 Å². The van der Waals surface area contributed by atoms with E-state index in [1.54, 1.807) is 31.1 Å². The van der Waals surface area contributed by atoms with Crippen molar-refractivity contribution in [3.05, 3.63) is 34.8 Å². The molecule has 0 bridgehead atoms. The van der Waals surface area contributed by atoms with Crippen molar-refractivity contribution in [2.75, 3.05) is 18.7 Å². The van der Waals surface area contributed by atoms with Gasteiger partial charge in [0, 0.05) is 16.0 Å². The quantitative estimate of drug-likeness (QED) is 0.836. The summed E-state index contributed by atoms with van der Waals surface area (Å²) in [6.07, 6.45) is 3.79. The van der Waals surface area contributed by atoms with Crippen molar-refractivity contribution >= 4 is 34.1 Å². The molecule has 112 valence electrons. The van der Waals surface area contributed by atoms with E-state index >= 15 is 0 Å². The van der Waals surface area contributed by atoms with Crippen molar-refractivity contribution in [2.24, 2.45) is 0 Å². The first-order valence-corrected chi connectivity index (χ1v) is 8.58. The summed E-state index contributed by atoms with van der Waals surface area (Å²) in [4.78, 5) is 18.8. The molecule has 1 N–H and O–H groups in total. The summed E-state index contributed by atoms with van der Waals surface area (Å²) in [5.41, 5.74) is 0.511. The van der Waals surface area contributed by atoms with Crippen LogP contribution in [-0.2, 0) is 0 Å². The van der Waals surface area contributed by atoms with E-state index in [4.69, 9.17) is 4.74 Å². The Hall–Kier alpha value is -1.53. The van der Waals surface area contributed by atoms with Crippen LogP contribution in [0.25, 0.3) is 0 Å². The number of amides is 1. The molecule has 1 heterocycles. The minimum Gasteiger partial charge on any atom is -0.496 e. The first-order chi connectivity index (χ1) is 10.0. The van der Waals surface area contributed by atoms with Crippen molar-refractivity contribution in [1.82, 2.24) is 4.98 Å². The van der Waals surface area contributed by atoms with Gasteiger partial charge in [0.15, 0.2) is 5.13 Å². The van der Waals surface area contributed by atoms with Gasteiger partial charge in [-0.05, 0) is 30.4 Å². The molecule has 0 spiro atoms. The molecule has 1 amide bonds. The van der Waals surface area contributed by atoms with Crippen LogP contribution in [0.3, 0.4) is 0 Å². The minimum absolute atomic E-state index is 0.204. The molecule has 0 aliphatic carbocycles. The Balaban J connectivity index is 2.19. The maximum atomic E-state index is 12.3. The summed E-state index contributed by atoms with van der Waals surface area (Å²) in [6.45, 7) is 4.20. The summed E-state index contributed by atoms with van der Waals surface area (Å²) in [5.74, 6) is 0.771. The highest BCUT2D eigenvalue weighted by molar-refractivity contribution is 7.98. The molecule has 1 aromatic heterocycles. The van der Waals surface area contributed by atoms with Gasteiger partial charge in [-0.25, -0.2) is 4.98 Å². The van der Waals surface area contributed by atoms with Crippen LogP contribution in [0.4, 0.5) is 5.13 Å². The molecule has 0 fully saturated rings. The Bertz CT molecular complexity index is 638. The van der Waals surface area contributed by atoms with Crippen molar-refractivity contribution in [3.63, 3.8) is 0 Å². The summed E-state index contributed by atoms with van der Waals surface area (Å²) >= 11 is 3.10. The normalized spacial score (nSPS) is 10.7. The van der Waals surface area contributed by atoms with Gasteiger partial charge in [0.05, 0.1) is 12.7 Å². The first kappa shape index (κ1) is 15.9. The highest BCUT2D eigenvalue weighted by Crippen LogP contribution is 2.28. The maximum absolute atomic E-state index is 12.3. The van der Waals surface area contributed by atoms with E-state index in [0.717, 1.165) is 9.77 Å². The second-order valence-electron chi connectivity index (χ2n) is 4.74.